The number of rotatable bonds is 0. The quantitative estimate of drug-likeness (QED) is 0.595. The molecular formula is C11H16N2. The number of hydrogen-bond donors (Lipinski definition) is 1. The molecule has 1 atom stereocenters. The van der Waals surface area contributed by atoms with Gasteiger partial charge in [-0.15, -0.1) is 0 Å². The first-order valence-electron chi connectivity index (χ1n) is 4.67. The van der Waals surface area contributed by atoms with Gasteiger partial charge in [0.1, 0.15) is 0 Å². The highest BCUT2D eigenvalue weighted by Gasteiger charge is 2.33. The minimum atomic E-state index is 0.736. The van der Waals surface area contributed by atoms with Crippen molar-refractivity contribution in [2.24, 2.45) is 5.92 Å². The monoisotopic (exact) mass is 176 g/mol. The van der Waals surface area contributed by atoms with Crippen molar-refractivity contribution in [2.45, 2.75) is 0 Å². The summed E-state index contributed by atoms with van der Waals surface area (Å²) in [7, 11) is 6.00. The lowest BCUT2D eigenvalue weighted by atomic mass is 10.0. The van der Waals surface area contributed by atoms with E-state index >= 15 is 0 Å². The fraction of sp³-hybridized carbons (Fsp3) is 0.455. The SMILES string of the molecule is C1=CC2=C3C=C1C2CN3.CN(C)C. The highest BCUT2D eigenvalue weighted by Crippen LogP contribution is 2.41. The summed E-state index contributed by atoms with van der Waals surface area (Å²) in [5.41, 5.74) is 4.40. The van der Waals surface area contributed by atoms with E-state index < -0.39 is 0 Å². The maximum atomic E-state index is 3.34. The Morgan fingerprint density at radius 1 is 1.31 bits per heavy atom. The van der Waals surface area contributed by atoms with Gasteiger partial charge in [0, 0.05) is 18.2 Å². The predicted octanol–water partition coefficient (Wildman–Crippen LogP) is 1.15. The van der Waals surface area contributed by atoms with Crippen LogP contribution in [0.25, 0.3) is 0 Å². The van der Waals surface area contributed by atoms with Crippen LogP contribution in [-0.2, 0) is 0 Å². The van der Waals surface area contributed by atoms with Crippen molar-refractivity contribution < 1.29 is 0 Å². The fourth-order valence-electron chi connectivity index (χ4n) is 1.87. The average Bonchev–Trinajstić information content (AvgIpc) is 2.67. The van der Waals surface area contributed by atoms with Gasteiger partial charge >= 0.3 is 0 Å². The van der Waals surface area contributed by atoms with Crippen LogP contribution in [-0.4, -0.2) is 32.6 Å². The largest absolute Gasteiger partial charge is 0.384 e. The molecule has 0 saturated heterocycles. The minimum Gasteiger partial charge on any atom is -0.384 e. The summed E-state index contributed by atoms with van der Waals surface area (Å²) in [6, 6.07) is 0. The Bertz CT molecular complexity index is 305. The first-order valence-corrected chi connectivity index (χ1v) is 4.67. The Morgan fingerprint density at radius 3 is 2.38 bits per heavy atom. The Hall–Kier alpha value is -1.02. The number of hydrogen-bond acceptors (Lipinski definition) is 2. The Kier molecular flexibility index (Phi) is 2.00. The lowest BCUT2D eigenvalue weighted by Gasteiger charge is -2.08. The topological polar surface area (TPSA) is 15.3 Å². The molecule has 0 fully saturated rings. The zero-order valence-electron chi connectivity index (χ0n) is 8.46. The van der Waals surface area contributed by atoms with Crippen LogP contribution in [0.2, 0.25) is 0 Å². The van der Waals surface area contributed by atoms with E-state index in [2.05, 4.69) is 23.5 Å². The van der Waals surface area contributed by atoms with Crippen molar-refractivity contribution in [1.82, 2.24) is 10.2 Å². The molecular weight excluding hydrogens is 160 g/mol. The lowest BCUT2D eigenvalue weighted by Crippen LogP contribution is -2.16. The molecule has 3 aliphatic rings. The normalized spacial score (nSPS) is 26.2. The molecule has 0 saturated carbocycles. The summed E-state index contributed by atoms with van der Waals surface area (Å²) < 4.78 is 0. The third kappa shape index (κ3) is 1.42. The van der Waals surface area contributed by atoms with Crippen molar-refractivity contribution >= 4 is 0 Å². The molecule has 13 heavy (non-hydrogen) atoms. The number of allylic oxidation sites excluding steroid dienone is 3. The summed E-state index contributed by atoms with van der Waals surface area (Å²) in [5, 5.41) is 3.34. The summed E-state index contributed by atoms with van der Waals surface area (Å²) in [4.78, 5) is 2.00. The summed E-state index contributed by atoms with van der Waals surface area (Å²) >= 11 is 0. The smallest absolute Gasteiger partial charge is 0.0382 e. The van der Waals surface area contributed by atoms with Crippen LogP contribution >= 0.6 is 0 Å². The van der Waals surface area contributed by atoms with Gasteiger partial charge in [0.25, 0.3) is 0 Å². The summed E-state index contributed by atoms with van der Waals surface area (Å²) in [6.45, 7) is 1.14. The molecule has 4 bridgehead atoms. The molecule has 1 aliphatic heterocycles. The van der Waals surface area contributed by atoms with E-state index in [9.17, 15) is 0 Å². The summed E-state index contributed by atoms with van der Waals surface area (Å²) in [6.07, 6.45) is 6.71. The van der Waals surface area contributed by atoms with E-state index in [0.29, 0.717) is 0 Å². The van der Waals surface area contributed by atoms with E-state index in [1.165, 1.54) is 16.8 Å². The standard InChI is InChI=1S/C8H7N.C3H9N/c1-2-6-7-4-9-8(6)3-5(1)7;1-4(2)3/h1-3,7,9H,4H2;1-3H3. The Morgan fingerprint density at radius 2 is 2.00 bits per heavy atom. The molecule has 0 radical (unpaired) electrons. The Balaban J connectivity index is 0.000000144. The van der Waals surface area contributed by atoms with Gasteiger partial charge in [0.05, 0.1) is 0 Å². The third-order valence-electron chi connectivity index (χ3n) is 2.35. The highest BCUT2D eigenvalue weighted by atomic mass is 15.0. The third-order valence-corrected chi connectivity index (χ3v) is 2.35. The van der Waals surface area contributed by atoms with Crippen LogP contribution in [0.3, 0.4) is 0 Å². The molecule has 1 N–H and O–H groups in total. The van der Waals surface area contributed by atoms with Crippen LogP contribution in [0.5, 0.6) is 0 Å². The molecule has 0 aromatic rings. The van der Waals surface area contributed by atoms with Gasteiger partial charge in [-0.05, 0) is 38.4 Å². The van der Waals surface area contributed by atoms with Crippen LogP contribution in [0.4, 0.5) is 0 Å². The number of nitrogens with one attached hydrogen (secondary N) is 1. The van der Waals surface area contributed by atoms with E-state index in [4.69, 9.17) is 0 Å². The Labute approximate surface area is 79.6 Å². The van der Waals surface area contributed by atoms with E-state index in [-0.39, 0.29) is 0 Å². The molecule has 0 aromatic heterocycles. The molecule has 0 amide bonds. The first-order chi connectivity index (χ1) is 6.18. The van der Waals surface area contributed by atoms with Gasteiger partial charge in [0.15, 0.2) is 0 Å². The van der Waals surface area contributed by atoms with Gasteiger partial charge in [-0.2, -0.15) is 0 Å². The zero-order valence-corrected chi connectivity index (χ0v) is 8.46. The van der Waals surface area contributed by atoms with Crippen molar-refractivity contribution in [3.8, 4) is 0 Å². The van der Waals surface area contributed by atoms with Gasteiger partial charge in [-0.3, -0.25) is 0 Å². The maximum absolute atomic E-state index is 3.34. The predicted molar refractivity (Wildman–Crippen MR) is 55.4 cm³/mol. The minimum absolute atomic E-state index is 0.736. The molecule has 2 aliphatic carbocycles. The first kappa shape index (κ1) is 8.57. The molecule has 1 unspecified atom stereocenters. The van der Waals surface area contributed by atoms with Gasteiger partial charge < -0.3 is 10.2 Å². The fourth-order valence-corrected chi connectivity index (χ4v) is 1.87. The molecule has 70 valence electrons. The highest BCUT2D eigenvalue weighted by molar-refractivity contribution is 5.60. The summed E-state index contributed by atoms with van der Waals surface area (Å²) in [5.74, 6) is 0.736. The van der Waals surface area contributed by atoms with E-state index in [0.717, 1.165) is 12.5 Å². The number of nitrogens with zero attached hydrogens (tertiary/aromatic N) is 1. The van der Waals surface area contributed by atoms with Gasteiger partial charge in [0.2, 0.25) is 0 Å². The van der Waals surface area contributed by atoms with Crippen LogP contribution in [0.1, 0.15) is 0 Å². The molecule has 2 heteroatoms. The molecule has 2 nitrogen and oxygen atoms in total. The average molecular weight is 176 g/mol. The lowest BCUT2D eigenvalue weighted by molar-refractivity contribution is 0.505. The van der Waals surface area contributed by atoms with Crippen molar-refractivity contribution in [3.05, 3.63) is 35.1 Å². The van der Waals surface area contributed by atoms with Gasteiger partial charge in [-0.25, -0.2) is 0 Å². The van der Waals surface area contributed by atoms with Crippen LogP contribution in [0, 0.1) is 5.92 Å². The second kappa shape index (κ2) is 3.04. The van der Waals surface area contributed by atoms with E-state index in [1.54, 1.807) is 0 Å². The molecule has 1 heterocycles. The van der Waals surface area contributed by atoms with E-state index in [1.807, 2.05) is 26.0 Å². The molecule has 3 rings (SSSR count). The second-order valence-corrected chi connectivity index (χ2v) is 4.12. The van der Waals surface area contributed by atoms with Gasteiger partial charge in [-0.1, -0.05) is 12.2 Å². The van der Waals surface area contributed by atoms with Crippen molar-refractivity contribution in [1.29, 1.82) is 0 Å². The molecule has 0 aromatic carbocycles. The maximum Gasteiger partial charge on any atom is 0.0382 e. The van der Waals surface area contributed by atoms with Crippen molar-refractivity contribution in [2.75, 3.05) is 27.7 Å². The van der Waals surface area contributed by atoms with Crippen LogP contribution in [0.15, 0.2) is 35.1 Å². The second-order valence-electron chi connectivity index (χ2n) is 4.12. The van der Waals surface area contributed by atoms with Crippen LogP contribution < -0.4 is 5.32 Å². The zero-order chi connectivity index (χ0) is 9.42. The van der Waals surface area contributed by atoms with Crippen molar-refractivity contribution in [3.63, 3.8) is 0 Å². The molecule has 0 spiro atoms.